The number of hydrogen-bond donors (Lipinski definition) is 1. The van der Waals surface area contributed by atoms with Crippen molar-refractivity contribution in [1.82, 2.24) is 5.43 Å². The molecule has 132 valence electrons. The van der Waals surface area contributed by atoms with Crippen LogP contribution in [0.15, 0.2) is 41.5 Å². The fourth-order valence-corrected chi connectivity index (χ4v) is 2.27. The molecule has 0 heterocycles. The number of benzene rings is 2. The first-order valence-corrected chi connectivity index (χ1v) is 7.85. The molecule has 1 N–H and O–H groups in total. The normalized spacial score (nSPS) is 10.6. The molecule has 1 amide bonds. The topological polar surface area (TPSA) is 69.2 Å². The Kier molecular flexibility index (Phi) is 6.39. The van der Waals surface area contributed by atoms with E-state index in [2.05, 4.69) is 17.5 Å². The molecule has 6 nitrogen and oxygen atoms in total. The lowest BCUT2D eigenvalue weighted by Crippen LogP contribution is -2.17. The highest BCUT2D eigenvalue weighted by Crippen LogP contribution is 2.33. The molecule has 0 aromatic heterocycles. The average Bonchev–Trinajstić information content (AvgIpc) is 2.67. The van der Waals surface area contributed by atoms with E-state index in [4.69, 9.17) is 14.2 Å². The number of nitrogens with zero attached hydrogens (tertiary/aromatic N) is 1. The number of nitrogens with one attached hydrogen (secondary N) is 1. The molecule has 0 atom stereocenters. The Balaban J connectivity index is 2.13. The molecule has 0 radical (unpaired) electrons. The van der Waals surface area contributed by atoms with Crippen molar-refractivity contribution in [2.75, 3.05) is 21.3 Å². The van der Waals surface area contributed by atoms with Crippen LogP contribution in [0.25, 0.3) is 0 Å². The van der Waals surface area contributed by atoms with Gasteiger partial charge in [0.2, 0.25) is 0 Å². The first-order chi connectivity index (χ1) is 12.1. The summed E-state index contributed by atoms with van der Waals surface area (Å²) in [4.78, 5) is 12.1. The lowest BCUT2D eigenvalue weighted by atomic mass is 10.1. The molecule has 0 aliphatic heterocycles. The zero-order valence-electron chi connectivity index (χ0n) is 14.8. The van der Waals surface area contributed by atoms with Gasteiger partial charge in [-0.2, -0.15) is 5.10 Å². The third-order valence-corrected chi connectivity index (χ3v) is 3.73. The lowest BCUT2D eigenvalue weighted by Gasteiger charge is -2.11. The number of ether oxygens (including phenoxy) is 3. The van der Waals surface area contributed by atoms with Crippen molar-refractivity contribution in [1.29, 1.82) is 0 Å². The molecular weight excluding hydrogens is 320 g/mol. The van der Waals surface area contributed by atoms with Gasteiger partial charge >= 0.3 is 0 Å². The number of hydrogen-bond acceptors (Lipinski definition) is 5. The van der Waals surface area contributed by atoms with E-state index >= 15 is 0 Å². The van der Waals surface area contributed by atoms with Gasteiger partial charge in [-0.15, -0.1) is 0 Å². The molecule has 0 saturated carbocycles. The van der Waals surface area contributed by atoms with E-state index in [1.165, 1.54) is 11.8 Å². The van der Waals surface area contributed by atoms with Crippen LogP contribution in [-0.2, 0) is 6.42 Å². The van der Waals surface area contributed by atoms with Crippen LogP contribution in [-0.4, -0.2) is 33.5 Å². The second kappa shape index (κ2) is 8.73. The molecule has 0 saturated heterocycles. The molecule has 25 heavy (non-hydrogen) atoms. The number of hydrazone groups is 1. The van der Waals surface area contributed by atoms with E-state index in [0.717, 1.165) is 6.42 Å². The number of rotatable bonds is 7. The zero-order chi connectivity index (χ0) is 18.2. The molecule has 2 aromatic carbocycles. The second-order valence-electron chi connectivity index (χ2n) is 5.20. The SMILES string of the molecule is CCc1ccc(C(=O)N/N=C/c2cc(OC)c(OC)cc2OC)cc1. The van der Waals surface area contributed by atoms with Gasteiger partial charge < -0.3 is 14.2 Å². The Morgan fingerprint density at radius 1 is 1.00 bits per heavy atom. The standard InChI is InChI=1S/C19H22N2O4/c1-5-13-6-8-14(9-7-13)19(22)21-20-12-15-10-17(24-3)18(25-4)11-16(15)23-2/h6-12H,5H2,1-4H3,(H,21,22)/b20-12+. The fraction of sp³-hybridized carbons (Fsp3) is 0.263. The summed E-state index contributed by atoms with van der Waals surface area (Å²) in [5.41, 5.74) is 4.89. The Bertz CT molecular complexity index is 755. The Labute approximate surface area is 147 Å². The smallest absolute Gasteiger partial charge is 0.271 e. The van der Waals surface area contributed by atoms with Crippen LogP contribution in [0.2, 0.25) is 0 Å². The molecule has 0 aliphatic carbocycles. The molecule has 2 aromatic rings. The highest BCUT2D eigenvalue weighted by molar-refractivity contribution is 5.95. The molecular formula is C19H22N2O4. The van der Waals surface area contributed by atoms with Crippen LogP contribution < -0.4 is 19.6 Å². The molecule has 0 aliphatic rings. The number of carbonyl (C=O) groups is 1. The van der Waals surface area contributed by atoms with Crippen LogP contribution in [0.3, 0.4) is 0 Å². The summed E-state index contributed by atoms with van der Waals surface area (Å²) in [6, 6.07) is 10.8. The van der Waals surface area contributed by atoms with Gasteiger partial charge in [0.25, 0.3) is 5.91 Å². The van der Waals surface area contributed by atoms with Gasteiger partial charge in [0, 0.05) is 17.2 Å². The maximum absolute atomic E-state index is 12.1. The van der Waals surface area contributed by atoms with E-state index in [-0.39, 0.29) is 5.91 Å². The average molecular weight is 342 g/mol. The van der Waals surface area contributed by atoms with E-state index in [9.17, 15) is 4.79 Å². The summed E-state index contributed by atoms with van der Waals surface area (Å²) in [6.07, 6.45) is 2.43. The fourth-order valence-electron chi connectivity index (χ4n) is 2.27. The van der Waals surface area contributed by atoms with Gasteiger partial charge in [0.1, 0.15) is 5.75 Å². The molecule has 0 spiro atoms. The first kappa shape index (κ1) is 18.3. The number of amides is 1. The molecule has 0 unspecified atom stereocenters. The van der Waals surface area contributed by atoms with Crippen LogP contribution in [0.5, 0.6) is 17.2 Å². The van der Waals surface area contributed by atoms with Crippen LogP contribution in [0, 0.1) is 0 Å². The summed E-state index contributed by atoms with van der Waals surface area (Å²) in [5.74, 6) is 1.38. The number of methoxy groups -OCH3 is 3. The molecule has 0 fully saturated rings. The Hall–Kier alpha value is -3.02. The third-order valence-electron chi connectivity index (χ3n) is 3.73. The van der Waals surface area contributed by atoms with Crippen molar-refractivity contribution in [3.63, 3.8) is 0 Å². The summed E-state index contributed by atoms with van der Waals surface area (Å²) < 4.78 is 15.8. The first-order valence-electron chi connectivity index (χ1n) is 7.85. The Morgan fingerprint density at radius 3 is 2.16 bits per heavy atom. The minimum absolute atomic E-state index is 0.279. The van der Waals surface area contributed by atoms with E-state index in [0.29, 0.717) is 28.4 Å². The minimum Gasteiger partial charge on any atom is -0.496 e. The highest BCUT2D eigenvalue weighted by Gasteiger charge is 2.10. The predicted molar refractivity (Wildman–Crippen MR) is 97.0 cm³/mol. The molecule has 6 heteroatoms. The maximum Gasteiger partial charge on any atom is 0.271 e. The minimum atomic E-state index is -0.279. The van der Waals surface area contributed by atoms with E-state index < -0.39 is 0 Å². The van der Waals surface area contributed by atoms with Crippen molar-refractivity contribution in [3.8, 4) is 17.2 Å². The summed E-state index contributed by atoms with van der Waals surface area (Å²) in [6.45, 7) is 2.07. The van der Waals surface area contributed by atoms with Crippen LogP contribution >= 0.6 is 0 Å². The van der Waals surface area contributed by atoms with Crippen molar-refractivity contribution >= 4 is 12.1 Å². The number of aryl methyl sites for hydroxylation is 1. The molecule has 2 rings (SSSR count). The number of carbonyl (C=O) groups excluding carboxylic acids is 1. The quantitative estimate of drug-likeness (QED) is 0.620. The van der Waals surface area contributed by atoms with Gasteiger partial charge in [-0.3, -0.25) is 4.79 Å². The predicted octanol–water partition coefficient (Wildman–Crippen LogP) is 3.04. The summed E-state index contributed by atoms with van der Waals surface area (Å²) in [7, 11) is 4.65. The lowest BCUT2D eigenvalue weighted by molar-refractivity contribution is 0.0955. The van der Waals surface area contributed by atoms with Crippen molar-refractivity contribution in [3.05, 3.63) is 53.1 Å². The van der Waals surface area contributed by atoms with Gasteiger partial charge in [-0.1, -0.05) is 19.1 Å². The maximum atomic E-state index is 12.1. The monoisotopic (exact) mass is 342 g/mol. The molecule has 0 bridgehead atoms. The zero-order valence-corrected chi connectivity index (χ0v) is 14.8. The Morgan fingerprint density at radius 2 is 1.60 bits per heavy atom. The van der Waals surface area contributed by atoms with Crippen molar-refractivity contribution < 1.29 is 19.0 Å². The van der Waals surface area contributed by atoms with Gasteiger partial charge in [-0.25, -0.2) is 5.43 Å². The largest absolute Gasteiger partial charge is 0.496 e. The summed E-state index contributed by atoms with van der Waals surface area (Å²) in [5, 5.41) is 4.00. The van der Waals surface area contributed by atoms with Crippen LogP contribution in [0.1, 0.15) is 28.4 Å². The van der Waals surface area contributed by atoms with Crippen molar-refractivity contribution in [2.24, 2.45) is 5.10 Å². The van der Waals surface area contributed by atoms with E-state index in [1.54, 1.807) is 45.6 Å². The third kappa shape index (κ3) is 4.50. The van der Waals surface area contributed by atoms with Crippen LogP contribution in [0.4, 0.5) is 0 Å². The summed E-state index contributed by atoms with van der Waals surface area (Å²) >= 11 is 0. The van der Waals surface area contributed by atoms with E-state index in [1.807, 2.05) is 12.1 Å². The second-order valence-corrected chi connectivity index (χ2v) is 5.20. The van der Waals surface area contributed by atoms with Gasteiger partial charge in [0.05, 0.1) is 27.5 Å². The van der Waals surface area contributed by atoms with Gasteiger partial charge in [-0.05, 0) is 30.2 Å². The van der Waals surface area contributed by atoms with Gasteiger partial charge in [0.15, 0.2) is 11.5 Å². The van der Waals surface area contributed by atoms with Crippen molar-refractivity contribution in [2.45, 2.75) is 13.3 Å². The highest BCUT2D eigenvalue weighted by atomic mass is 16.5.